The monoisotopic (exact) mass is 411 g/mol. The Balaban J connectivity index is 1.64. The predicted octanol–water partition coefficient (Wildman–Crippen LogP) is 4.77. The van der Waals surface area contributed by atoms with Gasteiger partial charge in [0.1, 0.15) is 5.82 Å². The highest BCUT2D eigenvalue weighted by Crippen LogP contribution is 2.33. The number of carbonyl (C=O) groups excluding carboxylic acids is 1. The summed E-state index contributed by atoms with van der Waals surface area (Å²) in [5.74, 6) is -0.671. The molecule has 4 rings (SSSR count). The summed E-state index contributed by atoms with van der Waals surface area (Å²) >= 11 is 1.26. The number of fused-ring (bicyclic) bond motifs is 1. The maximum Gasteiger partial charge on any atom is 0.262 e. The van der Waals surface area contributed by atoms with Crippen LogP contribution >= 0.6 is 11.8 Å². The molecular formula is C22H22FN3O2S. The Morgan fingerprint density at radius 3 is 2.72 bits per heavy atom. The molecule has 0 saturated heterocycles. The predicted molar refractivity (Wildman–Crippen MR) is 114 cm³/mol. The molecule has 0 unspecified atom stereocenters. The third-order valence-corrected chi connectivity index (χ3v) is 6.28. The van der Waals surface area contributed by atoms with E-state index in [2.05, 4.69) is 5.32 Å². The highest BCUT2D eigenvalue weighted by Gasteiger charge is 2.25. The molecule has 2 aromatic carbocycles. The first-order valence-electron chi connectivity index (χ1n) is 9.77. The molecule has 1 amide bonds. The summed E-state index contributed by atoms with van der Waals surface area (Å²) in [4.78, 5) is 30.5. The first-order valence-corrected chi connectivity index (χ1v) is 10.7. The molecule has 3 aromatic rings. The second-order valence-corrected chi connectivity index (χ2v) is 8.59. The molecule has 1 atom stereocenters. The Morgan fingerprint density at radius 1 is 1.21 bits per heavy atom. The number of benzene rings is 2. The Morgan fingerprint density at radius 2 is 1.97 bits per heavy atom. The number of carbonyl (C=O) groups is 1. The largest absolute Gasteiger partial charge is 0.325 e. The van der Waals surface area contributed by atoms with E-state index in [1.165, 1.54) is 23.9 Å². The molecule has 0 radical (unpaired) electrons. The molecule has 0 spiro atoms. The van der Waals surface area contributed by atoms with Crippen LogP contribution in [0.3, 0.4) is 0 Å². The lowest BCUT2D eigenvalue weighted by Crippen LogP contribution is -2.29. The van der Waals surface area contributed by atoms with Crippen molar-refractivity contribution < 1.29 is 9.18 Å². The number of nitrogens with one attached hydrogen (secondary N) is 1. The van der Waals surface area contributed by atoms with Crippen molar-refractivity contribution >= 4 is 34.3 Å². The van der Waals surface area contributed by atoms with Gasteiger partial charge >= 0.3 is 0 Å². The number of rotatable bonds is 5. The summed E-state index contributed by atoms with van der Waals surface area (Å²) in [6, 6.07) is 13.2. The van der Waals surface area contributed by atoms with Gasteiger partial charge in [-0.2, -0.15) is 0 Å². The minimum absolute atomic E-state index is 0.0530. The van der Waals surface area contributed by atoms with E-state index in [1.54, 1.807) is 29.7 Å². The lowest BCUT2D eigenvalue weighted by molar-refractivity contribution is -0.115. The quantitative estimate of drug-likeness (QED) is 0.485. The fourth-order valence-corrected chi connectivity index (χ4v) is 4.69. The number of hydrogen-bond acceptors (Lipinski definition) is 4. The molecule has 1 N–H and O–H groups in total. The van der Waals surface area contributed by atoms with Crippen LogP contribution in [0.2, 0.25) is 0 Å². The standard InChI is InChI=1S/C22H22FN3O2S/c1-14(20(27)24-16-8-6-7-15(23)13-16)29-22-25-19-12-5-4-11-18(19)21(28)26(22)17-9-2-3-10-17/h4-8,11-14,17H,2-3,9-10H2,1H3,(H,24,27)/t14-/m0/s1. The van der Waals surface area contributed by atoms with Crippen molar-refractivity contribution in [3.05, 3.63) is 64.7 Å². The first-order chi connectivity index (χ1) is 14.0. The lowest BCUT2D eigenvalue weighted by atomic mass is 10.2. The third-order valence-electron chi connectivity index (χ3n) is 5.21. The summed E-state index contributed by atoms with van der Waals surface area (Å²) < 4.78 is 15.1. The zero-order valence-electron chi connectivity index (χ0n) is 16.1. The zero-order chi connectivity index (χ0) is 20.4. The van der Waals surface area contributed by atoms with Crippen LogP contribution in [0.5, 0.6) is 0 Å². The minimum atomic E-state index is -0.501. The van der Waals surface area contributed by atoms with E-state index in [0.29, 0.717) is 21.7 Å². The van der Waals surface area contributed by atoms with Gasteiger partial charge in [-0.15, -0.1) is 0 Å². The first kappa shape index (κ1) is 19.6. The Kier molecular flexibility index (Phi) is 5.67. The topological polar surface area (TPSA) is 64.0 Å². The molecule has 1 aliphatic carbocycles. The molecule has 29 heavy (non-hydrogen) atoms. The molecule has 0 bridgehead atoms. The maximum atomic E-state index is 13.4. The van der Waals surface area contributed by atoms with Gasteiger partial charge in [0.05, 0.1) is 16.2 Å². The summed E-state index contributed by atoms with van der Waals surface area (Å²) in [5.41, 5.74) is 0.983. The summed E-state index contributed by atoms with van der Waals surface area (Å²) in [6.07, 6.45) is 4.06. The zero-order valence-corrected chi connectivity index (χ0v) is 16.9. The van der Waals surface area contributed by atoms with E-state index < -0.39 is 11.1 Å². The molecule has 1 heterocycles. The van der Waals surface area contributed by atoms with E-state index >= 15 is 0 Å². The molecular weight excluding hydrogens is 389 g/mol. The molecule has 1 fully saturated rings. The molecule has 0 aliphatic heterocycles. The van der Waals surface area contributed by atoms with Gasteiger partial charge in [0.2, 0.25) is 5.91 Å². The van der Waals surface area contributed by atoms with E-state index in [1.807, 2.05) is 18.2 Å². The van der Waals surface area contributed by atoms with Gasteiger partial charge in [0.25, 0.3) is 5.56 Å². The number of para-hydroxylation sites is 1. The van der Waals surface area contributed by atoms with Crippen molar-refractivity contribution in [3.8, 4) is 0 Å². The van der Waals surface area contributed by atoms with Crippen LogP contribution in [0.1, 0.15) is 38.6 Å². The highest BCUT2D eigenvalue weighted by molar-refractivity contribution is 8.00. The second kappa shape index (κ2) is 8.37. The van der Waals surface area contributed by atoms with Crippen molar-refractivity contribution in [2.24, 2.45) is 0 Å². The number of amides is 1. The Bertz CT molecular complexity index is 1110. The number of aromatic nitrogens is 2. The number of hydrogen-bond donors (Lipinski definition) is 1. The second-order valence-electron chi connectivity index (χ2n) is 7.28. The van der Waals surface area contributed by atoms with E-state index in [-0.39, 0.29) is 17.5 Å². The summed E-state index contributed by atoms with van der Waals surface area (Å²) in [5, 5.41) is 3.38. The van der Waals surface area contributed by atoms with Gasteiger partial charge in [-0.1, -0.05) is 42.8 Å². The van der Waals surface area contributed by atoms with Gasteiger partial charge in [-0.3, -0.25) is 14.2 Å². The number of anilines is 1. The lowest BCUT2D eigenvalue weighted by Gasteiger charge is -2.20. The van der Waals surface area contributed by atoms with E-state index in [9.17, 15) is 14.0 Å². The average molecular weight is 412 g/mol. The van der Waals surface area contributed by atoms with Crippen LogP contribution in [0, 0.1) is 5.82 Å². The van der Waals surface area contributed by atoms with Crippen LogP contribution in [-0.2, 0) is 4.79 Å². The van der Waals surface area contributed by atoms with E-state index in [0.717, 1.165) is 25.7 Å². The SMILES string of the molecule is C[C@H](Sc1nc2ccccc2c(=O)n1C1CCCC1)C(=O)Nc1cccc(F)c1. The van der Waals surface area contributed by atoms with Gasteiger partial charge in [0, 0.05) is 11.7 Å². The Hall–Kier alpha value is -2.67. The highest BCUT2D eigenvalue weighted by atomic mass is 32.2. The van der Waals surface area contributed by atoms with Crippen molar-refractivity contribution in [2.45, 2.75) is 49.1 Å². The summed E-state index contributed by atoms with van der Waals surface area (Å²) in [6.45, 7) is 1.76. The average Bonchev–Trinajstić information content (AvgIpc) is 3.22. The smallest absolute Gasteiger partial charge is 0.262 e. The molecule has 1 aromatic heterocycles. The number of thioether (sulfide) groups is 1. The number of halogens is 1. The molecule has 5 nitrogen and oxygen atoms in total. The van der Waals surface area contributed by atoms with Crippen LogP contribution in [0.4, 0.5) is 10.1 Å². The normalized spacial score (nSPS) is 15.5. The van der Waals surface area contributed by atoms with Crippen molar-refractivity contribution in [1.82, 2.24) is 9.55 Å². The van der Waals surface area contributed by atoms with Crippen molar-refractivity contribution in [2.75, 3.05) is 5.32 Å². The summed E-state index contributed by atoms with van der Waals surface area (Å²) in [7, 11) is 0. The molecule has 1 saturated carbocycles. The van der Waals surface area contributed by atoms with Crippen molar-refractivity contribution in [1.29, 1.82) is 0 Å². The molecule has 7 heteroatoms. The van der Waals surface area contributed by atoms with Crippen LogP contribution < -0.4 is 10.9 Å². The van der Waals surface area contributed by atoms with Crippen molar-refractivity contribution in [3.63, 3.8) is 0 Å². The van der Waals surface area contributed by atoms with Gasteiger partial charge in [0.15, 0.2) is 5.16 Å². The van der Waals surface area contributed by atoms with E-state index in [4.69, 9.17) is 4.98 Å². The molecule has 1 aliphatic rings. The Labute approximate surface area is 172 Å². The molecule has 150 valence electrons. The fourth-order valence-electron chi connectivity index (χ4n) is 3.71. The fraction of sp³-hybridized carbons (Fsp3) is 0.318. The minimum Gasteiger partial charge on any atom is -0.325 e. The van der Waals surface area contributed by atoms with Crippen LogP contribution in [-0.4, -0.2) is 20.7 Å². The van der Waals surface area contributed by atoms with Gasteiger partial charge in [-0.05, 0) is 50.1 Å². The van der Waals surface area contributed by atoms with Gasteiger partial charge < -0.3 is 5.32 Å². The van der Waals surface area contributed by atoms with Gasteiger partial charge in [-0.25, -0.2) is 9.37 Å². The number of nitrogens with zero attached hydrogens (tertiary/aromatic N) is 2. The maximum absolute atomic E-state index is 13.4. The van der Waals surface area contributed by atoms with Crippen LogP contribution in [0.15, 0.2) is 58.5 Å². The van der Waals surface area contributed by atoms with Crippen LogP contribution in [0.25, 0.3) is 10.9 Å². The third kappa shape index (κ3) is 4.19.